The molecule has 1 aromatic carbocycles. The van der Waals surface area contributed by atoms with Crippen molar-refractivity contribution in [3.63, 3.8) is 0 Å². The van der Waals surface area contributed by atoms with Crippen LogP contribution >= 0.6 is 0 Å². The molecule has 1 amide bonds. The van der Waals surface area contributed by atoms with Gasteiger partial charge in [-0.25, -0.2) is 0 Å². The number of aryl methyl sites for hydroxylation is 1. The molecule has 1 aliphatic carbocycles. The SMILES string of the molecule is COc1ccc(C)cc1/C=C/C(=O)N(C)CC1CCCCC1. The number of carbonyl (C=O) groups is 1. The van der Waals surface area contributed by atoms with Crippen LogP contribution in [-0.4, -0.2) is 31.5 Å². The molecule has 1 aliphatic rings. The van der Waals surface area contributed by atoms with Gasteiger partial charge in [0.25, 0.3) is 0 Å². The van der Waals surface area contributed by atoms with E-state index in [0.717, 1.165) is 23.4 Å². The Kier molecular flexibility index (Phi) is 6.05. The van der Waals surface area contributed by atoms with Gasteiger partial charge in [-0.3, -0.25) is 4.79 Å². The van der Waals surface area contributed by atoms with Gasteiger partial charge in [-0.15, -0.1) is 0 Å². The summed E-state index contributed by atoms with van der Waals surface area (Å²) in [7, 11) is 3.55. The van der Waals surface area contributed by atoms with Crippen LogP contribution in [0.2, 0.25) is 0 Å². The molecule has 1 fully saturated rings. The van der Waals surface area contributed by atoms with Crippen LogP contribution in [0.1, 0.15) is 43.2 Å². The fourth-order valence-corrected chi connectivity index (χ4v) is 3.12. The Balaban J connectivity index is 1.96. The van der Waals surface area contributed by atoms with Gasteiger partial charge in [0.2, 0.25) is 5.91 Å². The Morgan fingerprint density at radius 1 is 1.32 bits per heavy atom. The van der Waals surface area contributed by atoms with Crippen molar-refractivity contribution in [3.8, 4) is 5.75 Å². The van der Waals surface area contributed by atoms with E-state index in [1.165, 1.54) is 32.1 Å². The van der Waals surface area contributed by atoms with Crippen molar-refractivity contribution >= 4 is 12.0 Å². The van der Waals surface area contributed by atoms with E-state index in [0.29, 0.717) is 5.92 Å². The fourth-order valence-electron chi connectivity index (χ4n) is 3.12. The van der Waals surface area contributed by atoms with Gasteiger partial charge in [-0.1, -0.05) is 30.9 Å². The summed E-state index contributed by atoms with van der Waals surface area (Å²) < 4.78 is 5.34. The van der Waals surface area contributed by atoms with Gasteiger partial charge in [-0.05, 0) is 43.9 Å². The number of hydrogen-bond acceptors (Lipinski definition) is 2. The maximum Gasteiger partial charge on any atom is 0.246 e. The molecule has 0 N–H and O–H groups in total. The number of benzene rings is 1. The maximum atomic E-state index is 12.3. The van der Waals surface area contributed by atoms with Crippen LogP contribution in [0, 0.1) is 12.8 Å². The minimum Gasteiger partial charge on any atom is -0.496 e. The Bertz CT molecular complexity index is 530. The normalized spacial score (nSPS) is 16.0. The van der Waals surface area contributed by atoms with E-state index in [1.54, 1.807) is 13.2 Å². The molecule has 1 aromatic rings. The highest BCUT2D eigenvalue weighted by Gasteiger charge is 2.17. The predicted molar refractivity (Wildman–Crippen MR) is 91.0 cm³/mol. The first-order valence-electron chi connectivity index (χ1n) is 8.18. The second-order valence-electron chi connectivity index (χ2n) is 6.30. The maximum absolute atomic E-state index is 12.3. The highest BCUT2D eigenvalue weighted by Crippen LogP contribution is 2.24. The summed E-state index contributed by atoms with van der Waals surface area (Å²) in [5.41, 5.74) is 2.10. The molecular weight excluding hydrogens is 274 g/mol. The van der Waals surface area contributed by atoms with Gasteiger partial charge in [-0.2, -0.15) is 0 Å². The first-order valence-corrected chi connectivity index (χ1v) is 8.18. The minimum atomic E-state index is 0.0640. The molecule has 3 nitrogen and oxygen atoms in total. The molecule has 0 heterocycles. The van der Waals surface area contributed by atoms with Crippen LogP contribution < -0.4 is 4.74 Å². The average molecular weight is 301 g/mol. The zero-order chi connectivity index (χ0) is 15.9. The fraction of sp³-hybridized carbons (Fsp3) is 0.526. The second-order valence-corrected chi connectivity index (χ2v) is 6.30. The lowest BCUT2D eigenvalue weighted by Crippen LogP contribution is -2.31. The van der Waals surface area contributed by atoms with Crippen LogP contribution in [0.25, 0.3) is 6.08 Å². The molecule has 1 saturated carbocycles. The summed E-state index contributed by atoms with van der Waals surface area (Å²) in [6, 6.07) is 5.97. The number of rotatable bonds is 5. The van der Waals surface area contributed by atoms with E-state index in [-0.39, 0.29) is 5.91 Å². The van der Waals surface area contributed by atoms with Crippen molar-refractivity contribution in [2.45, 2.75) is 39.0 Å². The lowest BCUT2D eigenvalue weighted by Gasteiger charge is -2.26. The lowest BCUT2D eigenvalue weighted by atomic mass is 9.89. The Labute approximate surface area is 134 Å². The zero-order valence-corrected chi connectivity index (χ0v) is 14.0. The number of carbonyl (C=O) groups excluding carboxylic acids is 1. The quantitative estimate of drug-likeness (QED) is 0.768. The number of ether oxygens (including phenoxy) is 1. The van der Waals surface area contributed by atoms with Crippen LogP contribution in [0.3, 0.4) is 0 Å². The molecule has 0 saturated heterocycles. The van der Waals surface area contributed by atoms with Crippen molar-refractivity contribution in [2.24, 2.45) is 5.92 Å². The molecule has 0 bridgehead atoms. The topological polar surface area (TPSA) is 29.5 Å². The molecule has 22 heavy (non-hydrogen) atoms. The van der Waals surface area contributed by atoms with Gasteiger partial charge in [0.1, 0.15) is 5.75 Å². The van der Waals surface area contributed by atoms with Gasteiger partial charge in [0, 0.05) is 25.2 Å². The minimum absolute atomic E-state index is 0.0640. The zero-order valence-electron chi connectivity index (χ0n) is 14.0. The summed E-state index contributed by atoms with van der Waals surface area (Å²) in [4.78, 5) is 14.1. The van der Waals surface area contributed by atoms with Crippen LogP contribution in [0.4, 0.5) is 0 Å². The molecule has 120 valence electrons. The second kappa shape index (κ2) is 8.02. The Morgan fingerprint density at radius 2 is 2.05 bits per heavy atom. The van der Waals surface area contributed by atoms with Crippen LogP contribution in [-0.2, 0) is 4.79 Å². The van der Waals surface area contributed by atoms with Crippen LogP contribution in [0.15, 0.2) is 24.3 Å². The van der Waals surface area contributed by atoms with Crippen molar-refractivity contribution in [1.82, 2.24) is 4.90 Å². The Hall–Kier alpha value is -1.77. The standard InChI is InChI=1S/C19H27NO2/c1-15-9-11-18(22-3)17(13-15)10-12-19(21)20(2)14-16-7-5-4-6-8-16/h9-13,16H,4-8,14H2,1-3H3/b12-10+. The molecule has 0 unspecified atom stereocenters. The number of amides is 1. The third kappa shape index (κ3) is 4.62. The average Bonchev–Trinajstić information content (AvgIpc) is 2.53. The van der Waals surface area contributed by atoms with Crippen molar-refractivity contribution in [1.29, 1.82) is 0 Å². The Morgan fingerprint density at radius 3 is 2.73 bits per heavy atom. The first-order chi connectivity index (χ1) is 10.6. The number of nitrogens with zero attached hydrogens (tertiary/aromatic N) is 1. The smallest absolute Gasteiger partial charge is 0.246 e. The lowest BCUT2D eigenvalue weighted by molar-refractivity contribution is -0.125. The molecule has 0 spiro atoms. The van der Waals surface area contributed by atoms with E-state index in [2.05, 4.69) is 0 Å². The van der Waals surface area contributed by atoms with Crippen molar-refractivity contribution < 1.29 is 9.53 Å². The molecule has 0 radical (unpaired) electrons. The summed E-state index contributed by atoms with van der Waals surface area (Å²) in [6.45, 7) is 2.90. The summed E-state index contributed by atoms with van der Waals surface area (Å²) in [5, 5.41) is 0. The third-order valence-electron chi connectivity index (χ3n) is 4.42. The number of hydrogen-bond donors (Lipinski definition) is 0. The van der Waals surface area contributed by atoms with E-state index in [9.17, 15) is 4.79 Å². The van der Waals surface area contributed by atoms with E-state index in [1.807, 2.05) is 43.1 Å². The van der Waals surface area contributed by atoms with Gasteiger partial charge < -0.3 is 9.64 Å². The molecular formula is C19H27NO2. The first kappa shape index (κ1) is 16.6. The summed E-state index contributed by atoms with van der Waals surface area (Å²) >= 11 is 0. The van der Waals surface area contributed by atoms with Gasteiger partial charge in [0.05, 0.1) is 7.11 Å². The van der Waals surface area contributed by atoms with Crippen LogP contribution in [0.5, 0.6) is 5.75 Å². The molecule has 2 rings (SSSR count). The summed E-state index contributed by atoms with van der Waals surface area (Å²) in [5.74, 6) is 1.53. The van der Waals surface area contributed by atoms with E-state index in [4.69, 9.17) is 4.74 Å². The monoisotopic (exact) mass is 301 g/mol. The van der Waals surface area contributed by atoms with Crippen molar-refractivity contribution in [3.05, 3.63) is 35.4 Å². The highest BCUT2D eigenvalue weighted by atomic mass is 16.5. The largest absolute Gasteiger partial charge is 0.496 e. The molecule has 0 aliphatic heterocycles. The highest BCUT2D eigenvalue weighted by molar-refractivity contribution is 5.92. The van der Waals surface area contributed by atoms with E-state index >= 15 is 0 Å². The molecule has 0 aromatic heterocycles. The summed E-state index contributed by atoms with van der Waals surface area (Å²) in [6.07, 6.45) is 9.99. The van der Waals surface area contributed by atoms with E-state index < -0.39 is 0 Å². The van der Waals surface area contributed by atoms with Gasteiger partial charge >= 0.3 is 0 Å². The van der Waals surface area contributed by atoms with Crippen molar-refractivity contribution in [2.75, 3.05) is 20.7 Å². The number of likely N-dealkylation sites (N-methyl/N-ethyl adjacent to an activating group) is 1. The predicted octanol–water partition coefficient (Wildman–Crippen LogP) is 4.06. The molecule has 3 heteroatoms. The van der Waals surface area contributed by atoms with Gasteiger partial charge in [0.15, 0.2) is 0 Å². The number of methoxy groups -OCH3 is 1. The molecule has 0 atom stereocenters. The third-order valence-corrected chi connectivity index (χ3v) is 4.42.